The van der Waals surface area contributed by atoms with Gasteiger partial charge in [0, 0.05) is 26.9 Å². The molecule has 0 aliphatic carbocycles. The zero-order chi connectivity index (χ0) is 8.55. The molecule has 2 aromatic rings. The van der Waals surface area contributed by atoms with Gasteiger partial charge in [-0.2, -0.15) is 0 Å². The number of aliphatic hydroxyl groups is 1. The van der Waals surface area contributed by atoms with Gasteiger partial charge < -0.3 is 10.1 Å². The van der Waals surface area contributed by atoms with Gasteiger partial charge in [0.2, 0.25) is 0 Å². The van der Waals surface area contributed by atoms with Crippen molar-refractivity contribution in [2.24, 2.45) is 0 Å². The molecule has 0 fully saturated rings. The molecule has 0 saturated heterocycles. The highest BCUT2D eigenvalue weighted by Gasteiger charge is 2.05. The maximum absolute atomic E-state index is 9.02. The Morgan fingerprint density at radius 3 is 3.08 bits per heavy atom. The number of halogens is 1. The molecule has 2 aromatic heterocycles. The van der Waals surface area contributed by atoms with Gasteiger partial charge in [0.05, 0.1) is 18.3 Å². The second-order valence-electron chi connectivity index (χ2n) is 2.52. The fourth-order valence-electron chi connectivity index (χ4n) is 1.23. The lowest BCUT2D eigenvalue weighted by molar-refractivity contribution is 0.283. The van der Waals surface area contributed by atoms with Crippen molar-refractivity contribution in [2.45, 2.75) is 6.61 Å². The Morgan fingerprint density at radius 2 is 2.33 bits per heavy atom. The zero-order valence-electron chi connectivity index (χ0n) is 6.21. The fraction of sp³-hybridized carbons (Fsp3) is 0.125. The van der Waals surface area contributed by atoms with E-state index < -0.39 is 0 Å². The van der Waals surface area contributed by atoms with Crippen molar-refractivity contribution in [2.75, 3.05) is 0 Å². The Balaban J connectivity index is 2.84. The molecule has 2 heterocycles. The smallest absolute Gasteiger partial charge is 0.0703 e. The first-order valence-electron chi connectivity index (χ1n) is 3.53. The number of rotatable bonds is 1. The van der Waals surface area contributed by atoms with Crippen LogP contribution in [-0.4, -0.2) is 15.1 Å². The van der Waals surface area contributed by atoms with Gasteiger partial charge in [0.1, 0.15) is 0 Å². The second-order valence-corrected chi connectivity index (χ2v) is 3.68. The van der Waals surface area contributed by atoms with E-state index >= 15 is 0 Å². The summed E-state index contributed by atoms with van der Waals surface area (Å²) in [6, 6.07) is 0. The normalized spacial score (nSPS) is 10.8. The van der Waals surface area contributed by atoms with E-state index in [2.05, 4.69) is 32.6 Å². The maximum Gasteiger partial charge on any atom is 0.0703 e. The average Bonchev–Trinajstić information content (AvgIpc) is 2.48. The number of H-pyrrole nitrogens is 1. The zero-order valence-corrected chi connectivity index (χ0v) is 8.37. The molecule has 0 spiro atoms. The molecule has 0 amide bonds. The Kier molecular flexibility index (Phi) is 2.02. The SMILES string of the molecule is OCc1cncc2[nH]cc(I)c12. The van der Waals surface area contributed by atoms with E-state index in [-0.39, 0.29) is 6.61 Å². The third kappa shape index (κ3) is 1.11. The highest BCUT2D eigenvalue weighted by atomic mass is 127. The number of nitrogens with one attached hydrogen (secondary N) is 1. The number of aromatic amines is 1. The maximum atomic E-state index is 9.02. The third-order valence-corrected chi connectivity index (χ3v) is 2.64. The fourth-order valence-corrected chi connectivity index (χ4v) is 2.02. The summed E-state index contributed by atoms with van der Waals surface area (Å²) in [6.45, 7) is 0.0399. The Bertz CT molecular complexity index is 410. The predicted octanol–water partition coefficient (Wildman–Crippen LogP) is 1.66. The molecule has 12 heavy (non-hydrogen) atoms. The monoisotopic (exact) mass is 274 g/mol. The van der Waals surface area contributed by atoms with E-state index in [9.17, 15) is 0 Å². The first-order chi connectivity index (χ1) is 5.83. The number of pyridine rings is 1. The summed E-state index contributed by atoms with van der Waals surface area (Å²) in [5.41, 5.74) is 1.85. The summed E-state index contributed by atoms with van der Waals surface area (Å²) < 4.78 is 1.12. The van der Waals surface area contributed by atoms with Crippen LogP contribution in [0, 0.1) is 3.57 Å². The van der Waals surface area contributed by atoms with E-state index in [0.717, 1.165) is 20.0 Å². The quantitative estimate of drug-likeness (QED) is 0.777. The summed E-state index contributed by atoms with van der Waals surface area (Å²) in [5.74, 6) is 0. The number of nitrogens with zero attached hydrogens (tertiary/aromatic N) is 1. The van der Waals surface area contributed by atoms with Crippen LogP contribution in [0.3, 0.4) is 0 Å². The molecule has 0 radical (unpaired) electrons. The molecule has 3 nitrogen and oxygen atoms in total. The molecule has 2 rings (SSSR count). The largest absolute Gasteiger partial charge is 0.392 e. The van der Waals surface area contributed by atoms with Crippen LogP contribution in [0.2, 0.25) is 0 Å². The molecule has 0 atom stereocenters. The minimum atomic E-state index is 0.0399. The van der Waals surface area contributed by atoms with Crippen molar-refractivity contribution >= 4 is 33.5 Å². The van der Waals surface area contributed by atoms with E-state index in [1.807, 2.05) is 6.20 Å². The van der Waals surface area contributed by atoms with Crippen molar-refractivity contribution in [1.29, 1.82) is 0 Å². The van der Waals surface area contributed by atoms with Gasteiger partial charge in [0.15, 0.2) is 0 Å². The molecule has 0 aromatic carbocycles. The summed E-state index contributed by atoms with van der Waals surface area (Å²) in [5, 5.41) is 10.1. The van der Waals surface area contributed by atoms with Gasteiger partial charge in [-0.15, -0.1) is 0 Å². The predicted molar refractivity (Wildman–Crippen MR) is 54.7 cm³/mol. The lowest BCUT2D eigenvalue weighted by Crippen LogP contribution is -1.86. The summed E-state index contributed by atoms with van der Waals surface area (Å²) in [4.78, 5) is 7.08. The third-order valence-electron chi connectivity index (χ3n) is 1.79. The summed E-state index contributed by atoms with van der Waals surface area (Å²) >= 11 is 2.23. The van der Waals surface area contributed by atoms with E-state index in [1.54, 1.807) is 12.4 Å². The average molecular weight is 274 g/mol. The van der Waals surface area contributed by atoms with Crippen LogP contribution in [0.15, 0.2) is 18.6 Å². The number of hydrogen-bond acceptors (Lipinski definition) is 2. The number of fused-ring (bicyclic) bond motifs is 1. The minimum absolute atomic E-state index is 0.0399. The molecular weight excluding hydrogens is 267 g/mol. The molecule has 0 unspecified atom stereocenters. The Labute approximate surface area is 83.0 Å². The standard InChI is InChI=1S/C8H7IN2O/c9-6-2-11-7-3-10-1-5(4-12)8(6)7/h1-3,11-12H,4H2. The minimum Gasteiger partial charge on any atom is -0.392 e. The highest BCUT2D eigenvalue weighted by molar-refractivity contribution is 14.1. The van der Waals surface area contributed by atoms with E-state index in [4.69, 9.17) is 5.11 Å². The van der Waals surface area contributed by atoms with Crippen LogP contribution in [0.25, 0.3) is 10.9 Å². The van der Waals surface area contributed by atoms with Crippen molar-refractivity contribution in [3.05, 3.63) is 27.7 Å². The van der Waals surface area contributed by atoms with Gasteiger partial charge in [-0.25, -0.2) is 0 Å². The van der Waals surface area contributed by atoms with Crippen molar-refractivity contribution in [3.8, 4) is 0 Å². The number of hydrogen-bond donors (Lipinski definition) is 2. The molecular formula is C8H7IN2O. The Hall–Kier alpha value is -0.620. The van der Waals surface area contributed by atoms with Gasteiger partial charge in [0.25, 0.3) is 0 Å². The van der Waals surface area contributed by atoms with Gasteiger partial charge in [-0.05, 0) is 22.6 Å². The Morgan fingerprint density at radius 1 is 1.50 bits per heavy atom. The lowest BCUT2D eigenvalue weighted by Gasteiger charge is -1.97. The molecule has 0 saturated carbocycles. The molecule has 2 N–H and O–H groups in total. The van der Waals surface area contributed by atoms with Crippen LogP contribution in [0.4, 0.5) is 0 Å². The highest BCUT2D eigenvalue weighted by Crippen LogP contribution is 2.22. The summed E-state index contributed by atoms with van der Waals surface area (Å²) in [6.07, 6.45) is 5.36. The topological polar surface area (TPSA) is 48.9 Å². The van der Waals surface area contributed by atoms with Gasteiger partial charge in [-0.1, -0.05) is 0 Å². The van der Waals surface area contributed by atoms with Crippen LogP contribution in [0.5, 0.6) is 0 Å². The molecule has 62 valence electrons. The van der Waals surface area contributed by atoms with Crippen LogP contribution >= 0.6 is 22.6 Å². The molecule has 0 bridgehead atoms. The van der Waals surface area contributed by atoms with Gasteiger partial charge >= 0.3 is 0 Å². The number of aliphatic hydroxyl groups excluding tert-OH is 1. The van der Waals surface area contributed by atoms with Crippen LogP contribution in [-0.2, 0) is 6.61 Å². The van der Waals surface area contributed by atoms with E-state index in [1.165, 1.54) is 0 Å². The second kappa shape index (κ2) is 3.02. The van der Waals surface area contributed by atoms with Crippen molar-refractivity contribution in [1.82, 2.24) is 9.97 Å². The van der Waals surface area contributed by atoms with Crippen LogP contribution < -0.4 is 0 Å². The first kappa shape index (κ1) is 8.00. The summed E-state index contributed by atoms with van der Waals surface area (Å²) in [7, 11) is 0. The van der Waals surface area contributed by atoms with E-state index in [0.29, 0.717) is 0 Å². The molecule has 0 aliphatic heterocycles. The van der Waals surface area contributed by atoms with Crippen LogP contribution in [0.1, 0.15) is 5.56 Å². The van der Waals surface area contributed by atoms with Crippen molar-refractivity contribution in [3.63, 3.8) is 0 Å². The first-order valence-corrected chi connectivity index (χ1v) is 4.61. The lowest BCUT2D eigenvalue weighted by atomic mass is 10.2. The molecule has 4 heteroatoms. The van der Waals surface area contributed by atoms with Gasteiger partial charge in [-0.3, -0.25) is 4.98 Å². The van der Waals surface area contributed by atoms with Crippen molar-refractivity contribution < 1.29 is 5.11 Å². The molecule has 0 aliphatic rings. The number of aromatic nitrogens is 2.